The quantitative estimate of drug-likeness (QED) is 0.452. The van der Waals surface area contributed by atoms with Gasteiger partial charge in [0.05, 0.1) is 24.7 Å². The van der Waals surface area contributed by atoms with E-state index in [0.29, 0.717) is 19.0 Å². The number of para-hydroxylation sites is 1. The maximum atomic E-state index is 12.7. The molecule has 0 saturated carbocycles. The van der Waals surface area contributed by atoms with Crippen molar-refractivity contribution in [3.63, 3.8) is 0 Å². The third kappa shape index (κ3) is 3.99. The van der Waals surface area contributed by atoms with Crippen molar-refractivity contribution >= 4 is 34.8 Å². The Hall–Kier alpha value is -2.16. The van der Waals surface area contributed by atoms with Gasteiger partial charge in [0, 0.05) is 28.4 Å². The fraction of sp³-hybridized carbons (Fsp3) is 0.350. The maximum Gasteiger partial charge on any atom is 0.232 e. The number of thiophene rings is 1. The third-order valence-corrected chi connectivity index (χ3v) is 6.49. The van der Waals surface area contributed by atoms with Crippen LogP contribution in [0.15, 0.2) is 41.6 Å². The number of carbonyl (C=O) groups is 1. The van der Waals surface area contributed by atoms with E-state index in [9.17, 15) is 4.79 Å². The second-order valence-corrected chi connectivity index (χ2v) is 8.99. The minimum Gasteiger partial charge on any atom is -0.378 e. The number of benzene rings is 1. The molecule has 0 N–H and O–H groups in total. The van der Waals surface area contributed by atoms with Gasteiger partial charge in [-0.3, -0.25) is 9.36 Å². The number of ketones is 1. The lowest BCUT2D eigenvalue weighted by molar-refractivity contribution is 0.102. The second kappa shape index (κ2) is 8.46. The first-order valence-corrected chi connectivity index (χ1v) is 11.0. The lowest BCUT2D eigenvalue weighted by atomic mass is 10.2. The van der Waals surface area contributed by atoms with Crippen LogP contribution in [0.3, 0.4) is 0 Å². The molecule has 28 heavy (non-hydrogen) atoms. The summed E-state index contributed by atoms with van der Waals surface area (Å²) in [7, 11) is 0. The summed E-state index contributed by atoms with van der Waals surface area (Å²) in [6.45, 7) is 6.95. The highest BCUT2D eigenvalue weighted by atomic mass is 32.2. The average molecular weight is 415 g/mol. The molecular weight excluding hydrogens is 392 g/mol. The van der Waals surface area contributed by atoms with Crippen molar-refractivity contribution in [2.45, 2.75) is 19.0 Å². The topological polar surface area (TPSA) is 60.3 Å². The summed E-state index contributed by atoms with van der Waals surface area (Å²) in [5, 5.41) is 9.57. The Kier molecular flexibility index (Phi) is 5.79. The molecule has 0 bridgehead atoms. The number of thioether (sulfide) groups is 1. The lowest BCUT2D eigenvalue weighted by Gasteiger charge is -2.27. The summed E-state index contributed by atoms with van der Waals surface area (Å²) < 4.78 is 7.50. The van der Waals surface area contributed by atoms with Gasteiger partial charge in [-0.05, 0) is 32.0 Å². The molecule has 3 aromatic rings. The summed E-state index contributed by atoms with van der Waals surface area (Å²) in [4.78, 5) is 17.1. The third-order valence-electron chi connectivity index (χ3n) is 4.60. The van der Waals surface area contributed by atoms with Crippen LogP contribution in [-0.2, 0) is 4.74 Å². The van der Waals surface area contributed by atoms with Crippen molar-refractivity contribution in [3.8, 4) is 5.69 Å². The van der Waals surface area contributed by atoms with Crippen LogP contribution in [0.4, 0.5) is 5.95 Å². The van der Waals surface area contributed by atoms with E-state index in [-0.39, 0.29) is 5.78 Å². The molecule has 2 aromatic heterocycles. The van der Waals surface area contributed by atoms with E-state index in [1.54, 1.807) is 11.3 Å². The standard InChI is InChI=1S/C20H22N4O2S2/c1-14-12-17(15(2)28-14)18(25)13-27-20-22-21-19(23-8-10-26-11-9-23)24(20)16-6-4-3-5-7-16/h3-7,12H,8-11,13H2,1-2H3. The predicted molar refractivity (Wildman–Crippen MR) is 113 cm³/mol. The van der Waals surface area contributed by atoms with Crippen molar-refractivity contribution in [2.24, 2.45) is 0 Å². The van der Waals surface area contributed by atoms with Crippen LogP contribution in [0.2, 0.25) is 0 Å². The first kappa shape index (κ1) is 19.2. The number of aromatic nitrogens is 3. The molecule has 1 aliphatic rings. The van der Waals surface area contributed by atoms with Crippen molar-refractivity contribution in [3.05, 3.63) is 51.7 Å². The van der Waals surface area contributed by atoms with Crippen LogP contribution in [0.25, 0.3) is 5.69 Å². The highest BCUT2D eigenvalue weighted by Crippen LogP contribution is 2.29. The monoisotopic (exact) mass is 414 g/mol. The summed E-state index contributed by atoms with van der Waals surface area (Å²) in [6, 6.07) is 12.0. The van der Waals surface area contributed by atoms with E-state index in [1.165, 1.54) is 11.8 Å². The molecule has 6 nitrogen and oxygen atoms in total. The van der Waals surface area contributed by atoms with Crippen molar-refractivity contribution < 1.29 is 9.53 Å². The molecule has 0 unspecified atom stereocenters. The number of hydrogen-bond donors (Lipinski definition) is 0. The number of aryl methyl sites for hydroxylation is 2. The Morgan fingerprint density at radius 1 is 1.18 bits per heavy atom. The summed E-state index contributed by atoms with van der Waals surface area (Å²) in [5.74, 6) is 1.26. The minimum absolute atomic E-state index is 0.127. The zero-order valence-electron chi connectivity index (χ0n) is 15.9. The van der Waals surface area contributed by atoms with E-state index < -0.39 is 0 Å². The molecule has 8 heteroatoms. The van der Waals surface area contributed by atoms with E-state index in [2.05, 4.69) is 15.1 Å². The molecule has 146 valence electrons. The Morgan fingerprint density at radius 3 is 2.61 bits per heavy atom. The van der Waals surface area contributed by atoms with E-state index in [0.717, 1.165) is 45.2 Å². The highest BCUT2D eigenvalue weighted by Gasteiger charge is 2.22. The smallest absolute Gasteiger partial charge is 0.232 e. The van der Waals surface area contributed by atoms with E-state index in [1.807, 2.05) is 54.8 Å². The number of nitrogens with zero attached hydrogens (tertiary/aromatic N) is 4. The first-order chi connectivity index (χ1) is 13.6. The molecule has 0 aliphatic carbocycles. The Morgan fingerprint density at radius 2 is 1.93 bits per heavy atom. The molecule has 1 aliphatic heterocycles. The van der Waals surface area contributed by atoms with Crippen LogP contribution in [0.5, 0.6) is 0 Å². The number of Topliss-reactive ketones (excluding diaryl/α,β-unsaturated/α-hetero) is 1. The Balaban J connectivity index is 1.60. The highest BCUT2D eigenvalue weighted by molar-refractivity contribution is 7.99. The number of ether oxygens (including phenoxy) is 1. The van der Waals surface area contributed by atoms with Crippen LogP contribution >= 0.6 is 23.1 Å². The Labute approximate surface area is 172 Å². The zero-order valence-corrected chi connectivity index (χ0v) is 17.6. The number of morpholine rings is 1. The van der Waals surface area contributed by atoms with Gasteiger partial charge in [-0.15, -0.1) is 21.5 Å². The fourth-order valence-electron chi connectivity index (χ4n) is 3.24. The number of carbonyl (C=O) groups excluding carboxylic acids is 1. The van der Waals surface area contributed by atoms with Gasteiger partial charge in [0.15, 0.2) is 10.9 Å². The first-order valence-electron chi connectivity index (χ1n) is 9.20. The molecule has 0 atom stereocenters. The van der Waals surface area contributed by atoms with Crippen LogP contribution in [0, 0.1) is 13.8 Å². The van der Waals surface area contributed by atoms with Gasteiger partial charge in [-0.2, -0.15) is 0 Å². The van der Waals surface area contributed by atoms with Gasteiger partial charge in [-0.1, -0.05) is 30.0 Å². The van der Waals surface area contributed by atoms with Crippen LogP contribution < -0.4 is 4.90 Å². The number of rotatable bonds is 6. The van der Waals surface area contributed by atoms with Crippen LogP contribution in [0.1, 0.15) is 20.1 Å². The molecule has 1 saturated heterocycles. The van der Waals surface area contributed by atoms with E-state index >= 15 is 0 Å². The molecule has 4 rings (SSSR count). The lowest BCUT2D eigenvalue weighted by Crippen LogP contribution is -2.37. The second-order valence-electron chi connectivity index (χ2n) is 6.59. The van der Waals surface area contributed by atoms with Gasteiger partial charge >= 0.3 is 0 Å². The average Bonchev–Trinajstić information content (AvgIpc) is 3.30. The van der Waals surface area contributed by atoms with Crippen molar-refractivity contribution in [1.29, 1.82) is 0 Å². The molecule has 1 fully saturated rings. The van der Waals surface area contributed by atoms with Crippen molar-refractivity contribution in [1.82, 2.24) is 14.8 Å². The molecule has 0 radical (unpaired) electrons. The van der Waals surface area contributed by atoms with Gasteiger partial charge < -0.3 is 9.64 Å². The SMILES string of the molecule is Cc1cc(C(=O)CSc2nnc(N3CCOCC3)n2-c2ccccc2)c(C)s1. The molecule has 3 heterocycles. The summed E-state index contributed by atoms with van der Waals surface area (Å²) in [5.41, 5.74) is 1.81. The normalized spacial score (nSPS) is 14.4. The largest absolute Gasteiger partial charge is 0.378 e. The summed E-state index contributed by atoms with van der Waals surface area (Å²) in [6.07, 6.45) is 0. The van der Waals surface area contributed by atoms with Gasteiger partial charge in [0.1, 0.15) is 0 Å². The summed E-state index contributed by atoms with van der Waals surface area (Å²) >= 11 is 3.09. The van der Waals surface area contributed by atoms with E-state index in [4.69, 9.17) is 4.74 Å². The van der Waals surface area contributed by atoms with Crippen molar-refractivity contribution in [2.75, 3.05) is 37.0 Å². The fourth-order valence-corrected chi connectivity index (χ4v) is 5.02. The van der Waals surface area contributed by atoms with Gasteiger partial charge in [0.2, 0.25) is 5.95 Å². The molecule has 0 amide bonds. The number of hydrogen-bond acceptors (Lipinski definition) is 7. The molecule has 1 aromatic carbocycles. The van der Waals surface area contributed by atoms with Gasteiger partial charge in [0.25, 0.3) is 0 Å². The van der Waals surface area contributed by atoms with Crippen LogP contribution in [-0.4, -0.2) is 52.6 Å². The minimum atomic E-state index is 0.127. The predicted octanol–water partition coefficient (Wildman–Crippen LogP) is 3.76. The zero-order chi connectivity index (χ0) is 19.5. The maximum absolute atomic E-state index is 12.7. The van der Waals surface area contributed by atoms with Gasteiger partial charge in [-0.25, -0.2) is 0 Å². The molecular formula is C20H22N4O2S2. The Bertz CT molecular complexity index is 962. The number of anilines is 1. The molecule has 0 spiro atoms.